The van der Waals surface area contributed by atoms with Crippen LogP contribution in [0.5, 0.6) is 0 Å². The summed E-state index contributed by atoms with van der Waals surface area (Å²) >= 11 is 0. The summed E-state index contributed by atoms with van der Waals surface area (Å²) in [7, 11) is 0. The molecule has 0 aromatic carbocycles. The Morgan fingerprint density at radius 3 is 2.71 bits per heavy atom. The highest BCUT2D eigenvalue weighted by atomic mass is 35.5. The van der Waals surface area contributed by atoms with Gasteiger partial charge < -0.3 is 11.1 Å². The number of nitrogens with one attached hydrogen (secondary N) is 1. The van der Waals surface area contributed by atoms with Gasteiger partial charge in [0.25, 0.3) is 0 Å². The fourth-order valence-electron chi connectivity index (χ4n) is 3.62. The Bertz CT molecular complexity index is 765. The van der Waals surface area contributed by atoms with Crippen molar-refractivity contribution in [2.75, 3.05) is 18.8 Å². The first kappa shape index (κ1) is 17.0. The van der Waals surface area contributed by atoms with Crippen molar-refractivity contribution in [3.63, 3.8) is 0 Å². The molecule has 4 rings (SSSR count). The standard InChI is InChI=1S/C15H16F3N5.ClH/c16-15(17,18)10-5-9(7-21-13(10)19)11-6-12-14(1-3-20-8-14)2-4-23(12)22-11;/h5-7,20H,1-4,8H2,(H2,19,21);1H/t14-;/m0./s1. The molecule has 0 aliphatic carbocycles. The van der Waals surface area contributed by atoms with Crippen molar-refractivity contribution in [1.29, 1.82) is 0 Å². The Hall–Kier alpha value is -1.80. The van der Waals surface area contributed by atoms with Crippen LogP contribution in [-0.2, 0) is 18.1 Å². The fraction of sp³-hybridized carbons (Fsp3) is 0.467. The number of nitrogens with two attached hydrogens (primary N) is 1. The van der Waals surface area contributed by atoms with Crippen molar-refractivity contribution in [2.24, 2.45) is 0 Å². The number of fused-ring (bicyclic) bond motifs is 2. The number of nitrogen functional groups attached to an aromatic ring is 1. The van der Waals surface area contributed by atoms with Crippen LogP contribution in [0.15, 0.2) is 18.3 Å². The lowest BCUT2D eigenvalue weighted by atomic mass is 9.82. The molecule has 4 heterocycles. The van der Waals surface area contributed by atoms with Gasteiger partial charge in [0.1, 0.15) is 5.82 Å². The van der Waals surface area contributed by atoms with Crippen molar-refractivity contribution in [2.45, 2.75) is 31.0 Å². The molecule has 1 saturated heterocycles. The molecular weight excluding hydrogens is 343 g/mol. The third-order valence-electron chi connectivity index (χ3n) is 4.89. The number of aromatic nitrogens is 3. The van der Waals surface area contributed by atoms with Crippen molar-refractivity contribution >= 4 is 18.2 Å². The topological polar surface area (TPSA) is 68.8 Å². The minimum atomic E-state index is -4.52. The number of rotatable bonds is 1. The molecule has 130 valence electrons. The van der Waals surface area contributed by atoms with E-state index in [9.17, 15) is 13.2 Å². The van der Waals surface area contributed by atoms with Crippen LogP contribution >= 0.6 is 12.4 Å². The number of hydrogen-bond acceptors (Lipinski definition) is 4. The predicted molar refractivity (Wildman–Crippen MR) is 85.9 cm³/mol. The molecule has 0 bridgehead atoms. The summed E-state index contributed by atoms with van der Waals surface area (Å²) in [5.41, 5.74) is 6.47. The molecule has 2 aromatic rings. The van der Waals surface area contributed by atoms with Gasteiger partial charge in [-0.15, -0.1) is 12.4 Å². The molecule has 9 heteroatoms. The van der Waals surface area contributed by atoms with Crippen molar-refractivity contribution < 1.29 is 13.2 Å². The van der Waals surface area contributed by atoms with E-state index in [2.05, 4.69) is 15.4 Å². The number of aryl methyl sites for hydroxylation is 1. The zero-order valence-electron chi connectivity index (χ0n) is 12.7. The highest BCUT2D eigenvalue weighted by molar-refractivity contribution is 5.85. The first-order valence-corrected chi connectivity index (χ1v) is 7.51. The van der Waals surface area contributed by atoms with Crippen LogP contribution in [0.25, 0.3) is 11.3 Å². The molecule has 5 nitrogen and oxygen atoms in total. The molecule has 1 spiro atoms. The fourth-order valence-corrected chi connectivity index (χ4v) is 3.62. The highest BCUT2D eigenvalue weighted by Crippen LogP contribution is 2.42. The van der Waals surface area contributed by atoms with Crippen LogP contribution in [0, 0.1) is 0 Å². The zero-order chi connectivity index (χ0) is 16.2. The van der Waals surface area contributed by atoms with Gasteiger partial charge in [-0.1, -0.05) is 0 Å². The Morgan fingerprint density at radius 1 is 1.25 bits per heavy atom. The molecule has 2 aliphatic rings. The van der Waals surface area contributed by atoms with E-state index in [0.717, 1.165) is 44.2 Å². The van der Waals surface area contributed by atoms with E-state index in [1.54, 1.807) is 0 Å². The molecule has 1 fully saturated rings. The molecular formula is C15H17ClF3N5. The molecule has 0 saturated carbocycles. The highest BCUT2D eigenvalue weighted by Gasteiger charge is 2.43. The summed E-state index contributed by atoms with van der Waals surface area (Å²) in [5, 5.41) is 7.84. The molecule has 2 aliphatic heterocycles. The Morgan fingerprint density at radius 2 is 2.04 bits per heavy atom. The lowest BCUT2D eigenvalue weighted by molar-refractivity contribution is -0.137. The summed E-state index contributed by atoms with van der Waals surface area (Å²) < 4.78 is 40.9. The van der Waals surface area contributed by atoms with Gasteiger partial charge >= 0.3 is 6.18 Å². The zero-order valence-corrected chi connectivity index (χ0v) is 13.5. The summed E-state index contributed by atoms with van der Waals surface area (Å²) in [5.74, 6) is -0.510. The van der Waals surface area contributed by atoms with Crippen LogP contribution in [-0.4, -0.2) is 27.9 Å². The smallest absolute Gasteiger partial charge is 0.383 e. The Kier molecular flexibility index (Phi) is 4.00. The Balaban J connectivity index is 0.00000169. The van der Waals surface area contributed by atoms with Crippen LogP contribution < -0.4 is 11.1 Å². The van der Waals surface area contributed by atoms with E-state index >= 15 is 0 Å². The third kappa shape index (κ3) is 2.53. The average Bonchev–Trinajstić information content (AvgIpc) is 3.18. The molecule has 3 N–H and O–H groups in total. The van der Waals surface area contributed by atoms with E-state index in [-0.39, 0.29) is 17.8 Å². The van der Waals surface area contributed by atoms with Gasteiger partial charge in [-0.3, -0.25) is 4.68 Å². The first-order valence-electron chi connectivity index (χ1n) is 7.51. The van der Waals surface area contributed by atoms with E-state index in [1.165, 1.54) is 6.20 Å². The molecule has 0 radical (unpaired) electrons. The lowest BCUT2D eigenvalue weighted by Crippen LogP contribution is -2.25. The third-order valence-corrected chi connectivity index (χ3v) is 4.89. The number of pyridine rings is 1. The predicted octanol–water partition coefficient (Wildman–Crippen LogP) is 2.60. The number of nitrogens with zero attached hydrogens (tertiary/aromatic N) is 3. The quantitative estimate of drug-likeness (QED) is 0.821. The van der Waals surface area contributed by atoms with E-state index in [0.29, 0.717) is 11.3 Å². The minimum Gasteiger partial charge on any atom is -0.383 e. The van der Waals surface area contributed by atoms with E-state index in [4.69, 9.17) is 5.73 Å². The Labute approximate surface area is 142 Å². The van der Waals surface area contributed by atoms with Crippen LogP contribution in [0.4, 0.5) is 19.0 Å². The second kappa shape index (κ2) is 5.63. The normalized spacial score (nSPS) is 22.6. The van der Waals surface area contributed by atoms with Gasteiger partial charge in [0.15, 0.2) is 0 Å². The minimum absolute atomic E-state index is 0. The van der Waals surface area contributed by atoms with Gasteiger partial charge in [-0.2, -0.15) is 18.3 Å². The van der Waals surface area contributed by atoms with Crippen molar-refractivity contribution in [1.82, 2.24) is 20.1 Å². The van der Waals surface area contributed by atoms with Gasteiger partial charge in [0.2, 0.25) is 0 Å². The first-order chi connectivity index (χ1) is 10.9. The number of anilines is 1. The lowest BCUT2D eigenvalue weighted by Gasteiger charge is -2.20. The van der Waals surface area contributed by atoms with Gasteiger partial charge in [-0.05, 0) is 31.5 Å². The van der Waals surface area contributed by atoms with Crippen LogP contribution in [0.2, 0.25) is 0 Å². The maximum Gasteiger partial charge on any atom is 0.419 e. The number of alkyl halides is 3. The van der Waals surface area contributed by atoms with Crippen molar-refractivity contribution in [3.05, 3.63) is 29.6 Å². The maximum absolute atomic E-state index is 13.0. The molecule has 24 heavy (non-hydrogen) atoms. The largest absolute Gasteiger partial charge is 0.419 e. The number of hydrogen-bond donors (Lipinski definition) is 2. The molecule has 1 atom stereocenters. The number of halogens is 4. The van der Waals surface area contributed by atoms with Gasteiger partial charge in [0.05, 0.1) is 11.3 Å². The van der Waals surface area contributed by atoms with E-state index < -0.39 is 17.6 Å². The van der Waals surface area contributed by atoms with Gasteiger partial charge in [0, 0.05) is 36.0 Å². The average molecular weight is 360 g/mol. The van der Waals surface area contributed by atoms with Crippen molar-refractivity contribution in [3.8, 4) is 11.3 Å². The molecule has 2 aromatic heterocycles. The van der Waals surface area contributed by atoms with Crippen LogP contribution in [0.3, 0.4) is 0 Å². The second-order valence-electron chi connectivity index (χ2n) is 6.25. The summed E-state index contributed by atoms with van der Waals surface area (Å²) in [6.07, 6.45) is -1.11. The second-order valence-corrected chi connectivity index (χ2v) is 6.25. The molecule has 0 unspecified atom stereocenters. The van der Waals surface area contributed by atoms with Crippen LogP contribution in [0.1, 0.15) is 24.1 Å². The summed E-state index contributed by atoms with van der Waals surface area (Å²) in [4.78, 5) is 3.69. The van der Waals surface area contributed by atoms with E-state index in [1.807, 2.05) is 10.7 Å². The molecule has 0 amide bonds. The van der Waals surface area contributed by atoms with Gasteiger partial charge in [-0.25, -0.2) is 4.98 Å². The maximum atomic E-state index is 13.0. The monoisotopic (exact) mass is 359 g/mol. The summed E-state index contributed by atoms with van der Waals surface area (Å²) in [6, 6.07) is 2.92. The SMILES string of the molecule is Cl.Nc1ncc(-c2cc3n(n2)CC[C@]32CCNC2)cc1C(F)(F)F. The summed E-state index contributed by atoms with van der Waals surface area (Å²) in [6.45, 7) is 2.65.